The molecule has 2 heterocycles. The molecule has 1 aliphatic rings. The van der Waals surface area contributed by atoms with Crippen LogP contribution < -0.4 is 27.4 Å². The van der Waals surface area contributed by atoms with Crippen LogP contribution in [0.4, 0.5) is 0 Å². The van der Waals surface area contributed by atoms with Gasteiger partial charge in [0.15, 0.2) is 10.6 Å². The third-order valence-electron chi connectivity index (χ3n) is 6.42. The van der Waals surface area contributed by atoms with Gasteiger partial charge in [-0.3, -0.25) is 14.3 Å². The number of hydrogen-bond donors (Lipinski definition) is 6. The molecule has 3 aromatic rings. The van der Waals surface area contributed by atoms with Gasteiger partial charge in [-0.05, 0) is 48.0 Å². The van der Waals surface area contributed by atoms with Crippen molar-refractivity contribution in [1.29, 1.82) is 5.53 Å². The summed E-state index contributed by atoms with van der Waals surface area (Å²) >= 11 is 5.33. The molecule has 0 bridgehead atoms. The van der Waals surface area contributed by atoms with Crippen molar-refractivity contribution in [1.82, 2.24) is 20.0 Å². The summed E-state index contributed by atoms with van der Waals surface area (Å²) in [5.74, 6) is 6.17. The Kier molecular flexibility index (Phi) is 7.39. The number of benzene rings is 1. The van der Waals surface area contributed by atoms with Crippen molar-refractivity contribution in [3.63, 3.8) is 0 Å². The molecule has 0 amide bonds. The number of aromatic nitrogens is 3. The molecule has 4 rings (SSSR count). The van der Waals surface area contributed by atoms with Crippen LogP contribution in [0.25, 0.3) is 11.9 Å². The van der Waals surface area contributed by atoms with Crippen LogP contribution in [-0.4, -0.2) is 19.6 Å². The lowest BCUT2D eigenvalue weighted by Gasteiger charge is -2.22. The van der Waals surface area contributed by atoms with Crippen LogP contribution in [0.3, 0.4) is 0 Å². The first-order valence-electron chi connectivity index (χ1n) is 11.4. The lowest BCUT2D eigenvalue weighted by molar-refractivity contribution is 0.311. The zero-order valence-corrected chi connectivity index (χ0v) is 19.6. The van der Waals surface area contributed by atoms with E-state index in [9.17, 15) is 9.90 Å². The standard InChI is InChI=1S/C24H29N7O2S/c25-29-21(30-26)17-8-6-16(7-9-17)20-11-10-18(27-20)14-19-22(32)28-24(34)31(23(19)33)13-12-15-4-2-1-3-5-15/h6-11,14-15,25,27,30,33H,1-5,12-13,26H2,(H,28,32,34)/b18-14+,20-16?,21-17?,29-25?. The van der Waals surface area contributed by atoms with E-state index in [2.05, 4.69) is 20.5 Å². The first-order valence-corrected chi connectivity index (χ1v) is 11.8. The molecule has 1 fully saturated rings. The maximum atomic E-state index is 12.6. The van der Waals surface area contributed by atoms with Crippen LogP contribution >= 0.6 is 12.2 Å². The summed E-state index contributed by atoms with van der Waals surface area (Å²) in [6.45, 7) is 0.580. The summed E-state index contributed by atoms with van der Waals surface area (Å²) in [6.07, 6.45) is 8.79. The number of hydrogen-bond acceptors (Lipinski definition) is 7. The molecule has 10 heteroatoms. The number of hydrazine groups is 1. The average molecular weight is 480 g/mol. The molecule has 178 valence electrons. The summed E-state index contributed by atoms with van der Waals surface area (Å²) in [5, 5.41) is 17.3. The molecule has 0 radical (unpaired) electrons. The van der Waals surface area contributed by atoms with Gasteiger partial charge >= 0.3 is 0 Å². The molecule has 0 spiro atoms. The number of nitrogens with one attached hydrogen (secondary N) is 4. The number of rotatable bonds is 6. The van der Waals surface area contributed by atoms with Gasteiger partial charge < -0.3 is 15.5 Å². The molecule has 1 aliphatic carbocycles. The number of nitrogens with zero attached hydrogens (tertiary/aromatic N) is 2. The van der Waals surface area contributed by atoms with Crippen LogP contribution in [0.15, 0.2) is 46.3 Å². The highest BCUT2D eigenvalue weighted by atomic mass is 32.1. The Balaban J connectivity index is 1.69. The largest absolute Gasteiger partial charge is 0.494 e. The van der Waals surface area contributed by atoms with Crippen molar-refractivity contribution in [3.05, 3.63) is 78.2 Å². The minimum Gasteiger partial charge on any atom is -0.494 e. The van der Waals surface area contributed by atoms with Crippen molar-refractivity contribution in [2.75, 3.05) is 0 Å². The van der Waals surface area contributed by atoms with Crippen LogP contribution in [0, 0.1) is 26.8 Å². The predicted octanol–water partition coefficient (Wildman–Crippen LogP) is 2.59. The molecule has 34 heavy (non-hydrogen) atoms. The third-order valence-corrected chi connectivity index (χ3v) is 6.74. The first-order chi connectivity index (χ1) is 16.5. The van der Waals surface area contributed by atoms with Crippen molar-refractivity contribution in [3.8, 4) is 5.88 Å². The molecule has 0 unspecified atom stereocenters. The summed E-state index contributed by atoms with van der Waals surface area (Å²) < 4.78 is 1.86. The van der Waals surface area contributed by atoms with Crippen LogP contribution in [0.1, 0.15) is 44.1 Å². The predicted molar refractivity (Wildman–Crippen MR) is 132 cm³/mol. The number of aromatic hydroxyl groups is 1. The van der Waals surface area contributed by atoms with Crippen LogP contribution in [0.2, 0.25) is 0 Å². The Bertz CT molecular complexity index is 1490. The number of H-pyrrole nitrogens is 2. The van der Waals surface area contributed by atoms with Gasteiger partial charge in [0.05, 0.1) is 0 Å². The second-order valence-electron chi connectivity index (χ2n) is 8.59. The van der Waals surface area contributed by atoms with E-state index in [1.807, 2.05) is 24.3 Å². The van der Waals surface area contributed by atoms with E-state index in [4.69, 9.17) is 23.6 Å². The van der Waals surface area contributed by atoms with Gasteiger partial charge in [-0.2, -0.15) is 0 Å². The quantitative estimate of drug-likeness (QED) is 0.139. The summed E-state index contributed by atoms with van der Waals surface area (Å²) in [6, 6.07) is 11.1. The lowest BCUT2D eigenvalue weighted by atomic mass is 9.87. The Morgan fingerprint density at radius 1 is 1.21 bits per heavy atom. The SMILES string of the molecule is N=NC(NN)=c1ccc(=c2cc/c(=C\c3c(O)n(CCC4CCCCC4)c(=S)[nH]c3=O)[nH]2)cc1. The summed E-state index contributed by atoms with van der Waals surface area (Å²) in [5.41, 5.74) is 9.28. The topological polar surface area (TPSA) is 148 Å². The molecular weight excluding hydrogens is 450 g/mol. The van der Waals surface area contributed by atoms with Gasteiger partial charge in [0.2, 0.25) is 5.88 Å². The normalized spacial score (nSPS) is 14.8. The number of nitrogens with two attached hydrogens (primary N) is 1. The fourth-order valence-electron chi connectivity index (χ4n) is 4.51. The van der Waals surface area contributed by atoms with Gasteiger partial charge in [-0.1, -0.05) is 56.4 Å². The molecule has 9 nitrogen and oxygen atoms in total. The first kappa shape index (κ1) is 23.7. The smallest absolute Gasteiger partial charge is 0.262 e. The van der Waals surface area contributed by atoms with Crippen molar-refractivity contribution >= 4 is 24.1 Å². The van der Waals surface area contributed by atoms with E-state index >= 15 is 0 Å². The Labute approximate surface area is 200 Å². The van der Waals surface area contributed by atoms with Crippen molar-refractivity contribution < 1.29 is 5.11 Å². The maximum absolute atomic E-state index is 12.6. The highest BCUT2D eigenvalue weighted by molar-refractivity contribution is 7.71. The minimum atomic E-state index is -0.423. The van der Waals surface area contributed by atoms with E-state index < -0.39 is 5.56 Å². The fraction of sp³-hybridized carbons (Fsp3) is 0.333. The molecule has 1 aromatic carbocycles. The van der Waals surface area contributed by atoms with E-state index in [0.29, 0.717) is 23.0 Å². The van der Waals surface area contributed by atoms with E-state index in [1.165, 1.54) is 32.1 Å². The van der Waals surface area contributed by atoms with Crippen LogP contribution in [-0.2, 0) is 6.54 Å². The van der Waals surface area contributed by atoms with Crippen molar-refractivity contribution in [2.45, 2.75) is 45.1 Å². The fourth-order valence-corrected chi connectivity index (χ4v) is 4.78. The van der Waals surface area contributed by atoms with E-state index in [-0.39, 0.29) is 22.0 Å². The monoisotopic (exact) mass is 479 g/mol. The molecule has 0 aliphatic heterocycles. The van der Waals surface area contributed by atoms with E-state index in [1.54, 1.807) is 22.8 Å². The molecule has 0 saturated heterocycles. The molecule has 1 saturated carbocycles. The summed E-state index contributed by atoms with van der Waals surface area (Å²) in [4.78, 5) is 18.5. The highest BCUT2D eigenvalue weighted by Gasteiger charge is 2.16. The minimum absolute atomic E-state index is 0.110. The van der Waals surface area contributed by atoms with Crippen LogP contribution in [0.5, 0.6) is 5.88 Å². The van der Waals surface area contributed by atoms with Gasteiger partial charge in [0.1, 0.15) is 5.56 Å². The molecule has 7 N–H and O–H groups in total. The molecule has 2 aromatic heterocycles. The second kappa shape index (κ2) is 10.6. The van der Waals surface area contributed by atoms with Gasteiger partial charge in [-0.25, -0.2) is 11.4 Å². The van der Waals surface area contributed by atoms with Gasteiger partial charge in [0.25, 0.3) is 5.56 Å². The average Bonchev–Trinajstić information content (AvgIpc) is 3.32. The Hall–Kier alpha value is -3.50. The maximum Gasteiger partial charge on any atom is 0.262 e. The van der Waals surface area contributed by atoms with Crippen molar-refractivity contribution in [2.24, 2.45) is 16.9 Å². The van der Waals surface area contributed by atoms with E-state index in [0.717, 1.165) is 17.0 Å². The Morgan fingerprint density at radius 3 is 2.62 bits per heavy atom. The molecule has 0 atom stereocenters. The zero-order valence-electron chi connectivity index (χ0n) is 18.8. The zero-order chi connectivity index (χ0) is 24.1. The number of aromatic amines is 2. The molecular formula is C24H29N7O2S. The third kappa shape index (κ3) is 5.18. The lowest BCUT2D eigenvalue weighted by Crippen LogP contribution is -2.24. The Morgan fingerprint density at radius 2 is 1.94 bits per heavy atom. The summed E-state index contributed by atoms with van der Waals surface area (Å²) in [7, 11) is 0. The van der Waals surface area contributed by atoms with Gasteiger partial charge in [0, 0.05) is 22.5 Å². The van der Waals surface area contributed by atoms with Gasteiger partial charge in [-0.15, -0.1) is 5.11 Å². The highest BCUT2D eigenvalue weighted by Crippen LogP contribution is 2.27. The second-order valence-corrected chi connectivity index (χ2v) is 8.98.